The molecular formula is C15H12O5. The number of aromatic hydroxyl groups is 2. The standard InChI is InChI=1S/C15H12O5/c16-9-6-10(17)12-11(7-9)20-15(14(19)13(12)18)8-4-2-1-3-5-8/h1-7,14-17,19H/t14?,15-/m0/s1. The Balaban J connectivity index is 2.09. The number of phenols is 2. The van der Waals surface area contributed by atoms with E-state index in [1.165, 1.54) is 6.07 Å². The number of carbonyl (C=O) groups excluding carboxylic acids is 1. The highest BCUT2D eigenvalue weighted by Crippen LogP contribution is 2.41. The monoisotopic (exact) mass is 272 g/mol. The van der Waals surface area contributed by atoms with Gasteiger partial charge in [-0.25, -0.2) is 0 Å². The third-order valence-electron chi connectivity index (χ3n) is 3.25. The third kappa shape index (κ3) is 1.88. The maximum Gasteiger partial charge on any atom is 0.202 e. The number of carbonyl (C=O) groups is 1. The van der Waals surface area contributed by atoms with Crippen LogP contribution in [-0.2, 0) is 0 Å². The highest BCUT2D eigenvalue weighted by atomic mass is 16.5. The number of ether oxygens (including phenoxy) is 1. The summed E-state index contributed by atoms with van der Waals surface area (Å²) in [6.07, 6.45) is -2.27. The predicted molar refractivity (Wildman–Crippen MR) is 69.9 cm³/mol. The van der Waals surface area contributed by atoms with Crippen LogP contribution in [-0.4, -0.2) is 27.2 Å². The largest absolute Gasteiger partial charge is 0.508 e. The lowest BCUT2D eigenvalue weighted by Gasteiger charge is -2.30. The van der Waals surface area contributed by atoms with E-state index in [4.69, 9.17) is 4.74 Å². The molecule has 0 amide bonds. The van der Waals surface area contributed by atoms with Gasteiger partial charge >= 0.3 is 0 Å². The molecule has 1 aliphatic heterocycles. The van der Waals surface area contributed by atoms with Gasteiger partial charge in [0.2, 0.25) is 5.78 Å². The Morgan fingerprint density at radius 1 is 1.05 bits per heavy atom. The lowest BCUT2D eigenvalue weighted by Crippen LogP contribution is -2.36. The molecule has 5 heteroatoms. The van der Waals surface area contributed by atoms with Gasteiger partial charge in [0.1, 0.15) is 22.8 Å². The van der Waals surface area contributed by atoms with Crippen molar-refractivity contribution in [1.82, 2.24) is 0 Å². The highest BCUT2D eigenvalue weighted by molar-refractivity contribution is 6.05. The van der Waals surface area contributed by atoms with Crippen molar-refractivity contribution >= 4 is 5.78 Å². The van der Waals surface area contributed by atoms with E-state index in [2.05, 4.69) is 0 Å². The number of fused-ring (bicyclic) bond motifs is 1. The Morgan fingerprint density at radius 3 is 2.45 bits per heavy atom. The number of phenolic OH excluding ortho intramolecular Hbond substituents is 2. The second-order valence-electron chi connectivity index (χ2n) is 4.60. The summed E-state index contributed by atoms with van der Waals surface area (Å²) in [5.41, 5.74) is 0.532. The van der Waals surface area contributed by atoms with Crippen LogP contribution < -0.4 is 4.74 Å². The first-order valence-electron chi connectivity index (χ1n) is 6.08. The van der Waals surface area contributed by atoms with Crippen molar-refractivity contribution in [3.05, 3.63) is 53.6 Å². The molecule has 0 aromatic heterocycles. The summed E-state index contributed by atoms with van der Waals surface area (Å²) in [6, 6.07) is 11.1. The number of Topliss-reactive ketones (excluding diaryl/α,β-unsaturated/α-hetero) is 1. The van der Waals surface area contributed by atoms with Crippen molar-refractivity contribution in [3.63, 3.8) is 0 Å². The summed E-state index contributed by atoms with van der Waals surface area (Å²) in [5, 5.41) is 29.3. The molecule has 2 atom stereocenters. The number of hydrogen-bond acceptors (Lipinski definition) is 5. The van der Waals surface area contributed by atoms with E-state index < -0.39 is 23.7 Å². The van der Waals surface area contributed by atoms with Crippen LogP contribution in [0.25, 0.3) is 0 Å². The maximum atomic E-state index is 12.2. The highest BCUT2D eigenvalue weighted by Gasteiger charge is 2.38. The van der Waals surface area contributed by atoms with Gasteiger partial charge in [0.05, 0.1) is 0 Å². The van der Waals surface area contributed by atoms with E-state index >= 15 is 0 Å². The van der Waals surface area contributed by atoms with E-state index in [0.29, 0.717) is 5.56 Å². The molecule has 3 rings (SSSR count). The van der Waals surface area contributed by atoms with E-state index in [1.807, 2.05) is 6.07 Å². The van der Waals surface area contributed by atoms with Gasteiger partial charge in [0, 0.05) is 12.1 Å². The van der Waals surface area contributed by atoms with Gasteiger partial charge in [-0.05, 0) is 5.56 Å². The molecule has 0 aliphatic carbocycles. The minimum atomic E-state index is -1.40. The van der Waals surface area contributed by atoms with Gasteiger partial charge in [-0.15, -0.1) is 0 Å². The third-order valence-corrected chi connectivity index (χ3v) is 3.25. The minimum Gasteiger partial charge on any atom is -0.508 e. The van der Waals surface area contributed by atoms with E-state index in [0.717, 1.165) is 6.07 Å². The van der Waals surface area contributed by atoms with Crippen molar-refractivity contribution in [1.29, 1.82) is 0 Å². The number of hydrogen-bond donors (Lipinski definition) is 3. The molecule has 5 nitrogen and oxygen atoms in total. The molecule has 2 aromatic carbocycles. The number of aliphatic hydroxyl groups excluding tert-OH is 1. The van der Waals surface area contributed by atoms with Crippen LogP contribution in [0.4, 0.5) is 0 Å². The molecule has 1 unspecified atom stereocenters. The maximum absolute atomic E-state index is 12.2. The Kier molecular flexibility index (Phi) is 2.84. The molecule has 0 saturated carbocycles. The molecule has 102 valence electrons. The van der Waals surface area contributed by atoms with Crippen LogP contribution in [0.3, 0.4) is 0 Å². The van der Waals surface area contributed by atoms with E-state index in [9.17, 15) is 20.1 Å². The Bertz CT molecular complexity index is 665. The van der Waals surface area contributed by atoms with Crippen LogP contribution in [0.1, 0.15) is 22.0 Å². The molecule has 1 aliphatic rings. The molecule has 0 fully saturated rings. The fourth-order valence-corrected chi connectivity index (χ4v) is 2.31. The smallest absolute Gasteiger partial charge is 0.202 e. The van der Waals surface area contributed by atoms with Gasteiger partial charge in [0.15, 0.2) is 12.2 Å². The zero-order chi connectivity index (χ0) is 14.3. The molecule has 0 radical (unpaired) electrons. The SMILES string of the molecule is O=C1c2c(O)cc(O)cc2O[C@@H](c2ccccc2)C1O. The van der Waals surface area contributed by atoms with Gasteiger partial charge in [-0.1, -0.05) is 30.3 Å². The normalized spacial score (nSPS) is 21.1. The summed E-state index contributed by atoms with van der Waals surface area (Å²) in [7, 11) is 0. The van der Waals surface area contributed by atoms with Crippen LogP contribution in [0, 0.1) is 0 Å². The van der Waals surface area contributed by atoms with Crippen molar-refractivity contribution in [3.8, 4) is 17.2 Å². The first-order chi connectivity index (χ1) is 9.58. The van der Waals surface area contributed by atoms with Crippen molar-refractivity contribution in [2.45, 2.75) is 12.2 Å². The lowest BCUT2D eigenvalue weighted by atomic mass is 9.93. The zero-order valence-corrected chi connectivity index (χ0v) is 10.4. The summed E-state index contributed by atoms with van der Waals surface area (Å²) >= 11 is 0. The van der Waals surface area contributed by atoms with E-state index in [-0.39, 0.29) is 17.1 Å². The van der Waals surface area contributed by atoms with E-state index in [1.54, 1.807) is 24.3 Å². The Morgan fingerprint density at radius 2 is 1.75 bits per heavy atom. The van der Waals surface area contributed by atoms with Crippen molar-refractivity contribution in [2.75, 3.05) is 0 Å². The number of rotatable bonds is 1. The second-order valence-corrected chi connectivity index (χ2v) is 4.60. The van der Waals surface area contributed by atoms with Gasteiger partial charge in [0.25, 0.3) is 0 Å². The van der Waals surface area contributed by atoms with Crippen LogP contribution >= 0.6 is 0 Å². The average Bonchev–Trinajstić information content (AvgIpc) is 2.43. The van der Waals surface area contributed by atoms with Crippen molar-refractivity contribution in [2.24, 2.45) is 0 Å². The molecule has 2 aromatic rings. The number of aliphatic hydroxyl groups is 1. The van der Waals surface area contributed by atoms with Crippen LogP contribution in [0.2, 0.25) is 0 Å². The first-order valence-corrected chi connectivity index (χ1v) is 6.08. The fourth-order valence-electron chi connectivity index (χ4n) is 2.31. The first kappa shape index (κ1) is 12.5. The Labute approximate surface area is 114 Å². The Hall–Kier alpha value is -2.53. The minimum absolute atomic E-state index is 0.0617. The molecular weight excluding hydrogens is 260 g/mol. The molecule has 0 saturated heterocycles. The molecule has 0 spiro atoms. The van der Waals surface area contributed by atoms with Gasteiger partial charge in [-0.3, -0.25) is 4.79 Å². The van der Waals surface area contributed by atoms with Crippen LogP contribution in [0.5, 0.6) is 17.2 Å². The van der Waals surface area contributed by atoms with Gasteiger partial charge in [-0.2, -0.15) is 0 Å². The second kappa shape index (κ2) is 4.54. The summed E-state index contributed by atoms with van der Waals surface area (Å²) in [6.45, 7) is 0. The van der Waals surface area contributed by atoms with Gasteiger partial charge < -0.3 is 20.1 Å². The molecule has 0 bridgehead atoms. The van der Waals surface area contributed by atoms with Crippen molar-refractivity contribution < 1.29 is 24.9 Å². The summed E-state index contributed by atoms with van der Waals surface area (Å²) < 4.78 is 5.57. The van der Waals surface area contributed by atoms with Crippen LogP contribution in [0.15, 0.2) is 42.5 Å². The fraction of sp³-hybridized carbons (Fsp3) is 0.133. The quantitative estimate of drug-likeness (QED) is 0.736. The summed E-state index contributed by atoms with van der Waals surface area (Å²) in [5.74, 6) is -1.18. The average molecular weight is 272 g/mol. The number of benzene rings is 2. The predicted octanol–water partition coefficient (Wildman–Crippen LogP) is 1.78. The molecule has 1 heterocycles. The zero-order valence-electron chi connectivity index (χ0n) is 10.4. The topological polar surface area (TPSA) is 87.0 Å². The lowest BCUT2D eigenvalue weighted by molar-refractivity contribution is 0.0211. The molecule has 3 N–H and O–H groups in total. The number of ketones is 1. The summed E-state index contributed by atoms with van der Waals surface area (Å²) in [4.78, 5) is 12.2. The molecule has 20 heavy (non-hydrogen) atoms.